The van der Waals surface area contributed by atoms with Crippen molar-refractivity contribution in [3.05, 3.63) is 30.1 Å². The van der Waals surface area contributed by atoms with E-state index < -0.39 is 11.7 Å². The Morgan fingerprint density at radius 1 is 1.18 bits per heavy atom. The molecule has 0 aliphatic rings. The average molecular weight is 241 g/mol. The van der Waals surface area contributed by atoms with Crippen molar-refractivity contribution in [1.29, 1.82) is 0 Å². The Labute approximate surface area is 102 Å². The topological polar surface area (TPSA) is 38.3 Å². The van der Waals surface area contributed by atoms with Crippen molar-refractivity contribution in [2.45, 2.75) is 40.2 Å². The normalized spacial score (nSPS) is 10.0. The van der Waals surface area contributed by atoms with Crippen molar-refractivity contribution in [1.82, 2.24) is 0 Å². The molecular weight excluding hydrogens is 221 g/mol. The summed E-state index contributed by atoms with van der Waals surface area (Å²) in [6, 6.07) is 5.48. The van der Waals surface area contributed by atoms with Gasteiger partial charge in [0.1, 0.15) is 11.4 Å². The monoisotopic (exact) mass is 241 g/mol. The second-order valence-electron chi connectivity index (χ2n) is 4.13. The number of hydrogen-bond acceptors (Lipinski definition) is 2. The predicted octanol–water partition coefficient (Wildman–Crippen LogP) is 4.20. The quantitative estimate of drug-likeness (QED) is 0.800. The zero-order chi connectivity index (χ0) is 13.5. The third-order valence-electron chi connectivity index (χ3n) is 1.49. The molecule has 0 heterocycles. The first-order valence-electron chi connectivity index (χ1n) is 5.62. The van der Waals surface area contributed by atoms with Gasteiger partial charge in [0.05, 0.1) is 0 Å². The van der Waals surface area contributed by atoms with Crippen LogP contribution in [0.4, 0.5) is 14.9 Å². The lowest BCUT2D eigenvalue weighted by atomic mass is 10.2. The molecule has 1 aromatic rings. The summed E-state index contributed by atoms with van der Waals surface area (Å²) in [6.07, 6.45) is -0.547. The third-order valence-corrected chi connectivity index (χ3v) is 1.49. The zero-order valence-electron chi connectivity index (χ0n) is 11.0. The van der Waals surface area contributed by atoms with Gasteiger partial charge in [-0.1, -0.05) is 13.8 Å². The summed E-state index contributed by atoms with van der Waals surface area (Å²) in [6.45, 7) is 9.33. The van der Waals surface area contributed by atoms with E-state index in [-0.39, 0.29) is 5.82 Å². The van der Waals surface area contributed by atoms with Gasteiger partial charge in [-0.3, -0.25) is 5.32 Å². The van der Waals surface area contributed by atoms with Crippen molar-refractivity contribution in [2.75, 3.05) is 5.32 Å². The summed E-state index contributed by atoms with van der Waals surface area (Å²) >= 11 is 0. The number of anilines is 1. The Morgan fingerprint density at radius 2 is 1.65 bits per heavy atom. The van der Waals surface area contributed by atoms with E-state index in [1.807, 2.05) is 13.8 Å². The van der Waals surface area contributed by atoms with E-state index in [1.165, 1.54) is 24.3 Å². The Balaban J connectivity index is 0.00000121. The molecule has 0 spiro atoms. The van der Waals surface area contributed by atoms with E-state index >= 15 is 0 Å². The molecule has 0 saturated heterocycles. The number of amides is 1. The molecule has 96 valence electrons. The van der Waals surface area contributed by atoms with Crippen LogP contribution < -0.4 is 5.32 Å². The maximum absolute atomic E-state index is 12.6. The van der Waals surface area contributed by atoms with Crippen LogP contribution in [0.15, 0.2) is 24.3 Å². The van der Waals surface area contributed by atoms with Gasteiger partial charge < -0.3 is 4.74 Å². The molecule has 0 unspecified atom stereocenters. The lowest BCUT2D eigenvalue weighted by Gasteiger charge is -2.19. The lowest BCUT2D eigenvalue weighted by molar-refractivity contribution is 0.0636. The second-order valence-corrected chi connectivity index (χ2v) is 4.13. The van der Waals surface area contributed by atoms with Crippen molar-refractivity contribution in [3.8, 4) is 0 Å². The van der Waals surface area contributed by atoms with Gasteiger partial charge in [-0.05, 0) is 45.0 Å². The highest BCUT2D eigenvalue weighted by atomic mass is 19.1. The van der Waals surface area contributed by atoms with Crippen LogP contribution in [0.2, 0.25) is 0 Å². The molecule has 1 N–H and O–H groups in total. The highest BCUT2D eigenvalue weighted by Gasteiger charge is 2.15. The predicted molar refractivity (Wildman–Crippen MR) is 67.6 cm³/mol. The van der Waals surface area contributed by atoms with Crippen LogP contribution in [0.3, 0.4) is 0 Å². The number of rotatable bonds is 1. The molecule has 0 bridgehead atoms. The van der Waals surface area contributed by atoms with E-state index in [0.29, 0.717) is 5.69 Å². The summed E-state index contributed by atoms with van der Waals surface area (Å²) in [4.78, 5) is 11.3. The maximum Gasteiger partial charge on any atom is 0.412 e. The molecule has 4 heteroatoms. The fraction of sp³-hybridized carbons (Fsp3) is 0.462. The number of carbonyl (C=O) groups excluding carboxylic acids is 1. The Bertz CT molecular complexity index is 341. The van der Waals surface area contributed by atoms with Crippen LogP contribution in [-0.2, 0) is 4.74 Å². The Morgan fingerprint density at radius 3 is 2.06 bits per heavy atom. The maximum atomic E-state index is 12.6. The van der Waals surface area contributed by atoms with E-state index in [2.05, 4.69) is 5.32 Å². The van der Waals surface area contributed by atoms with Crippen LogP contribution in [0, 0.1) is 5.82 Å². The SMILES string of the molecule is CC.CC(C)(C)OC(=O)Nc1ccc(F)cc1. The molecule has 0 aliphatic heterocycles. The number of hydrogen-bond donors (Lipinski definition) is 1. The van der Waals surface area contributed by atoms with Crippen molar-refractivity contribution >= 4 is 11.8 Å². The fourth-order valence-corrected chi connectivity index (χ4v) is 0.955. The van der Waals surface area contributed by atoms with Gasteiger partial charge in [0.2, 0.25) is 0 Å². The first-order valence-corrected chi connectivity index (χ1v) is 5.62. The van der Waals surface area contributed by atoms with Crippen molar-refractivity contribution < 1.29 is 13.9 Å². The molecule has 17 heavy (non-hydrogen) atoms. The summed E-state index contributed by atoms with van der Waals surface area (Å²) in [7, 11) is 0. The van der Waals surface area contributed by atoms with Crippen LogP contribution in [0.25, 0.3) is 0 Å². The minimum atomic E-state index is -0.547. The lowest BCUT2D eigenvalue weighted by Crippen LogP contribution is -2.27. The van der Waals surface area contributed by atoms with Gasteiger partial charge in [0.15, 0.2) is 0 Å². The molecule has 1 amide bonds. The molecular formula is C13H20FNO2. The molecule has 1 aromatic carbocycles. The summed E-state index contributed by atoms with van der Waals surface area (Å²) in [5, 5.41) is 2.50. The second kappa shape index (κ2) is 6.89. The molecule has 1 rings (SSSR count). The van der Waals surface area contributed by atoms with Gasteiger partial charge in [-0.15, -0.1) is 0 Å². The smallest absolute Gasteiger partial charge is 0.412 e. The number of ether oxygens (including phenoxy) is 1. The first-order chi connectivity index (χ1) is 7.87. The molecule has 3 nitrogen and oxygen atoms in total. The van der Waals surface area contributed by atoms with E-state index in [4.69, 9.17) is 4.74 Å². The van der Waals surface area contributed by atoms with Crippen LogP contribution >= 0.6 is 0 Å². The van der Waals surface area contributed by atoms with Crippen LogP contribution in [0.5, 0.6) is 0 Å². The minimum Gasteiger partial charge on any atom is -0.444 e. The number of nitrogens with one attached hydrogen (secondary N) is 1. The van der Waals surface area contributed by atoms with E-state index in [9.17, 15) is 9.18 Å². The summed E-state index contributed by atoms with van der Waals surface area (Å²) in [5.74, 6) is -0.343. The molecule has 0 saturated carbocycles. The highest BCUT2D eigenvalue weighted by Crippen LogP contribution is 2.12. The van der Waals surface area contributed by atoms with E-state index in [0.717, 1.165) is 0 Å². The first kappa shape index (κ1) is 15.4. The molecule has 0 fully saturated rings. The third kappa shape index (κ3) is 7.33. The van der Waals surface area contributed by atoms with Crippen molar-refractivity contribution in [3.63, 3.8) is 0 Å². The zero-order valence-corrected chi connectivity index (χ0v) is 11.0. The van der Waals surface area contributed by atoms with Gasteiger partial charge in [0, 0.05) is 5.69 Å². The highest BCUT2D eigenvalue weighted by molar-refractivity contribution is 5.84. The largest absolute Gasteiger partial charge is 0.444 e. The van der Waals surface area contributed by atoms with E-state index in [1.54, 1.807) is 20.8 Å². The Kier molecular flexibility index (Phi) is 6.25. The van der Waals surface area contributed by atoms with Gasteiger partial charge >= 0.3 is 6.09 Å². The fourth-order valence-electron chi connectivity index (χ4n) is 0.955. The average Bonchev–Trinajstić information content (AvgIpc) is 2.22. The van der Waals surface area contributed by atoms with Gasteiger partial charge in [-0.25, -0.2) is 9.18 Å². The molecule has 0 radical (unpaired) electrons. The molecule has 0 aliphatic carbocycles. The number of benzene rings is 1. The van der Waals surface area contributed by atoms with Gasteiger partial charge in [-0.2, -0.15) is 0 Å². The molecule has 0 atom stereocenters. The molecule has 0 aromatic heterocycles. The van der Waals surface area contributed by atoms with Crippen LogP contribution in [0.1, 0.15) is 34.6 Å². The summed E-state index contributed by atoms with van der Waals surface area (Å²) < 4.78 is 17.6. The van der Waals surface area contributed by atoms with Crippen molar-refractivity contribution in [2.24, 2.45) is 0 Å². The number of carbonyl (C=O) groups is 1. The standard InChI is InChI=1S/C11H14FNO2.C2H6/c1-11(2,3)15-10(14)13-9-6-4-8(12)5-7-9;1-2/h4-7H,1-3H3,(H,13,14);1-2H3. The van der Waals surface area contributed by atoms with Gasteiger partial charge in [0.25, 0.3) is 0 Å². The Hall–Kier alpha value is -1.58. The van der Waals surface area contributed by atoms with Crippen LogP contribution in [-0.4, -0.2) is 11.7 Å². The summed E-state index contributed by atoms with van der Waals surface area (Å²) in [5.41, 5.74) is -0.0324. The number of halogens is 1. The minimum absolute atomic E-state index is 0.343.